The Bertz CT molecular complexity index is 914. The zero-order valence-electron chi connectivity index (χ0n) is 46.1. The van der Waals surface area contributed by atoms with E-state index in [2.05, 4.69) is 19.2 Å². The Kier molecular flexibility index (Phi) is 57.4. The fourth-order valence-corrected chi connectivity index (χ4v) is 10.4. The number of carbonyl (C=O) groups excluding carboxylic acids is 1. The van der Waals surface area contributed by atoms with E-state index in [9.17, 15) is 20.1 Å². The van der Waals surface area contributed by atoms with Crippen molar-refractivity contribution >= 4 is 5.91 Å². The maximum absolute atomic E-state index is 12.6. The van der Waals surface area contributed by atoms with Crippen LogP contribution in [-0.2, 0) is 4.79 Å². The molecule has 1 amide bonds. The lowest BCUT2D eigenvalue weighted by Crippen LogP contribution is -2.49. The van der Waals surface area contributed by atoms with E-state index in [4.69, 9.17) is 0 Å². The number of nitrogens with one attached hydrogen (secondary N) is 1. The van der Waals surface area contributed by atoms with Gasteiger partial charge in [0.15, 0.2) is 0 Å². The first-order valence-electron chi connectivity index (χ1n) is 31.3. The minimum Gasteiger partial charge on any atom is -0.394 e. The molecule has 0 heterocycles. The predicted octanol–water partition coefficient (Wildman–Crippen LogP) is 19.7. The number of aliphatic hydroxyl groups excluding tert-OH is 3. The molecule has 0 aliphatic carbocycles. The minimum atomic E-state index is -1.07. The summed E-state index contributed by atoms with van der Waals surface area (Å²) < 4.78 is 0. The van der Waals surface area contributed by atoms with Crippen molar-refractivity contribution in [3.63, 3.8) is 0 Å². The third kappa shape index (κ3) is 53.0. The molecule has 0 aromatic heterocycles. The van der Waals surface area contributed by atoms with Crippen molar-refractivity contribution in [2.75, 3.05) is 6.61 Å². The molecule has 5 heteroatoms. The van der Waals surface area contributed by atoms with Gasteiger partial charge < -0.3 is 20.6 Å². The summed E-state index contributed by atoms with van der Waals surface area (Å²) in [4.78, 5) is 12.6. The van der Waals surface area contributed by atoms with Crippen LogP contribution < -0.4 is 5.32 Å². The number of hydrogen-bond acceptors (Lipinski definition) is 4. The Morgan fingerprint density at radius 1 is 0.299 bits per heavy atom. The molecule has 402 valence electrons. The molecule has 3 atom stereocenters. The van der Waals surface area contributed by atoms with E-state index in [0.717, 1.165) is 32.1 Å². The number of carbonyl (C=O) groups is 1. The summed E-state index contributed by atoms with van der Waals surface area (Å²) in [6.45, 7) is 4.27. The van der Waals surface area contributed by atoms with Gasteiger partial charge in [0.2, 0.25) is 5.91 Å². The van der Waals surface area contributed by atoms with Crippen LogP contribution in [0.3, 0.4) is 0 Å². The van der Waals surface area contributed by atoms with Crippen molar-refractivity contribution in [1.29, 1.82) is 0 Å². The Hall–Kier alpha value is -0.650. The minimum absolute atomic E-state index is 0.307. The van der Waals surface area contributed by atoms with Gasteiger partial charge in [-0.3, -0.25) is 4.79 Å². The number of aliphatic hydroxyl groups is 3. The van der Waals surface area contributed by atoms with Crippen molar-refractivity contribution in [2.24, 2.45) is 0 Å². The first-order valence-corrected chi connectivity index (χ1v) is 31.3. The molecule has 0 aliphatic heterocycles. The molecular weight excluding hydrogens is 823 g/mol. The van der Waals surface area contributed by atoms with Gasteiger partial charge >= 0.3 is 0 Å². The van der Waals surface area contributed by atoms with Gasteiger partial charge in [0.05, 0.1) is 18.8 Å². The van der Waals surface area contributed by atoms with Gasteiger partial charge in [0.25, 0.3) is 0 Å². The first-order chi connectivity index (χ1) is 33.1. The number of hydrogen-bond donors (Lipinski definition) is 4. The van der Waals surface area contributed by atoms with E-state index >= 15 is 0 Å². The molecule has 0 spiro atoms. The third-order valence-electron chi connectivity index (χ3n) is 15.2. The fraction of sp³-hybridized carbons (Fsp3) is 0.984. The van der Waals surface area contributed by atoms with E-state index < -0.39 is 24.2 Å². The molecule has 3 unspecified atom stereocenters. The highest BCUT2D eigenvalue weighted by atomic mass is 16.3. The molecule has 0 aliphatic rings. The van der Waals surface area contributed by atoms with Crippen molar-refractivity contribution in [2.45, 2.75) is 385 Å². The molecule has 67 heavy (non-hydrogen) atoms. The molecule has 0 aromatic carbocycles. The normalized spacial score (nSPS) is 13.1. The second kappa shape index (κ2) is 57.9. The summed E-state index contributed by atoms with van der Waals surface area (Å²) in [5, 5.41) is 33.5. The van der Waals surface area contributed by atoms with Gasteiger partial charge in [-0.05, 0) is 12.8 Å². The van der Waals surface area contributed by atoms with Crippen LogP contribution in [-0.4, -0.2) is 46.1 Å². The van der Waals surface area contributed by atoms with Crippen molar-refractivity contribution in [3.05, 3.63) is 0 Å². The average Bonchev–Trinajstić information content (AvgIpc) is 3.33. The summed E-state index contributed by atoms with van der Waals surface area (Å²) in [6, 6.07) is -0.707. The van der Waals surface area contributed by atoms with Crippen LogP contribution in [0.4, 0.5) is 0 Å². The lowest BCUT2D eigenvalue weighted by atomic mass is 10.0. The topological polar surface area (TPSA) is 89.8 Å². The SMILES string of the molecule is CCCCCCCCCCCCCCCCCCCCCCCCCCCCCCCCCCCCCCCCC(O)C(=O)NC(CO)C(O)CCCCCCCCCCCCCCCCC. The van der Waals surface area contributed by atoms with Gasteiger partial charge in [0, 0.05) is 0 Å². The molecular formula is C62H125NO4. The first kappa shape index (κ1) is 66.3. The summed E-state index contributed by atoms with van der Waals surface area (Å²) in [6.07, 6.45) is 72.0. The fourth-order valence-electron chi connectivity index (χ4n) is 10.4. The maximum Gasteiger partial charge on any atom is 0.249 e. The molecule has 0 rings (SSSR count). The zero-order chi connectivity index (χ0) is 48.6. The van der Waals surface area contributed by atoms with E-state index in [1.807, 2.05) is 0 Å². The molecule has 0 bridgehead atoms. The van der Waals surface area contributed by atoms with Gasteiger partial charge in [-0.1, -0.05) is 354 Å². The average molecular weight is 949 g/mol. The van der Waals surface area contributed by atoms with Crippen molar-refractivity contribution in [3.8, 4) is 0 Å². The molecule has 0 saturated carbocycles. The monoisotopic (exact) mass is 948 g/mol. The van der Waals surface area contributed by atoms with E-state index in [-0.39, 0.29) is 6.61 Å². The number of amides is 1. The number of unbranched alkanes of at least 4 members (excludes halogenated alkanes) is 51. The van der Waals surface area contributed by atoms with E-state index in [1.54, 1.807) is 0 Å². The number of rotatable bonds is 59. The third-order valence-corrected chi connectivity index (χ3v) is 15.2. The van der Waals surface area contributed by atoms with Crippen molar-refractivity contribution in [1.82, 2.24) is 5.32 Å². The summed E-state index contributed by atoms with van der Waals surface area (Å²) in [7, 11) is 0. The van der Waals surface area contributed by atoms with E-state index in [1.165, 1.54) is 308 Å². The van der Waals surface area contributed by atoms with Crippen LogP contribution in [0.2, 0.25) is 0 Å². The molecule has 4 N–H and O–H groups in total. The Labute approximate surface area is 421 Å². The molecule has 0 fully saturated rings. The van der Waals surface area contributed by atoms with E-state index in [0.29, 0.717) is 12.8 Å². The highest BCUT2D eigenvalue weighted by Crippen LogP contribution is 2.19. The largest absolute Gasteiger partial charge is 0.394 e. The Morgan fingerprint density at radius 2 is 0.478 bits per heavy atom. The zero-order valence-corrected chi connectivity index (χ0v) is 46.1. The lowest BCUT2D eigenvalue weighted by Gasteiger charge is -2.23. The van der Waals surface area contributed by atoms with Gasteiger partial charge in [-0.15, -0.1) is 0 Å². The van der Waals surface area contributed by atoms with Gasteiger partial charge in [-0.25, -0.2) is 0 Å². The van der Waals surface area contributed by atoms with Crippen LogP contribution >= 0.6 is 0 Å². The molecule has 0 saturated heterocycles. The summed E-state index contributed by atoms with van der Waals surface area (Å²) >= 11 is 0. The van der Waals surface area contributed by atoms with Crippen LogP contribution in [0.1, 0.15) is 367 Å². The Balaban J connectivity index is 3.38. The molecule has 5 nitrogen and oxygen atoms in total. The smallest absolute Gasteiger partial charge is 0.249 e. The second-order valence-corrected chi connectivity index (χ2v) is 22.0. The molecule has 0 radical (unpaired) electrons. The van der Waals surface area contributed by atoms with Crippen LogP contribution in [0, 0.1) is 0 Å². The van der Waals surface area contributed by atoms with Gasteiger partial charge in [0.1, 0.15) is 6.10 Å². The van der Waals surface area contributed by atoms with Crippen LogP contribution in [0.25, 0.3) is 0 Å². The highest BCUT2D eigenvalue weighted by Gasteiger charge is 2.23. The van der Waals surface area contributed by atoms with Crippen LogP contribution in [0.5, 0.6) is 0 Å². The highest BCUT2D eigenvalue weighted by molar-refractivity contribution is 5.80. The Morgan fingerprint density at radius 3 is 0.672 bits per heavy atom. The van der Waals surface area contributed by atoms with Crippen LogP contribution in [0.15, 0.2) is 0 Å². The predicted molar refractivity (Wildman–Crippen MR) is 296 cm³/mol. The maximum atomic E-state index is 12.6. The lowest BCUT2D eigenvalue weighted by molar-refractivity contribution is -0.131. The summed E-state index contributed by atoms with van der Waals surface area (Å²) in [5.74, 6) is -0.462. The molecule has 0 aromatic rings. The standard InChI is InChI=1S/C62H125NO4/c1-3-5-7-9-11-13-15-17-19-20-21-22-23-24-25-26-27-28-29-30-31-32-33-34-35-36-37-38-39-40-41-43-45-47-49-51-53-55-57-61(66)62(67)63-59(58-64)60(65)56-54-52-50-48-46-44-42-18-16-14-12-10-8-6-4-2/h59-61,64-66H,3-58H2,1-2H3,(H,63,67). The van der Waals surface area contributed by atoms with Crippen molar-refractivity contribution < 1.29 is 20.1 Å². The van der Waals surface area contributed by atoms with Gasteiger partial charge in [-0.2, -0.15) is 0 Å². The quantitative estimate of drug-likeness (QED) is 0.0457. The summed E-state index contributed by atoms with van der Waals surface area (Å²) in [5.41, 5.74) is 0. The second-order valence-electron chi connectivity index (χ2n) is 22.0.